The van der Waals surface area contributed by atoms with Crippen molar-refractivity contribution in [1.82, 2.24) is 0 Å². The van der Waals surface area contributed by atoms with Crippen molar-refractivity contribution < 1.29 is 33.7 Å². The van der Waals surface area contributed by atoms with Gasteiger partial charge in [-0.15, -0.1) is 0 Å². The van der Waals surface area contributed by atoms with Crippen molar-refractivity contribution >= 4 is 20.3 Å². The first kappa shape index (κ1) is 38.8. The molecule has 11 atom stereocenters. The Bertz CT molecular complexity index is 1370. The van der Waals surface area contributed by atoms with Crippen molar-refractivity contribution in [1.29, 1.82) is 0 Å². The molecule has 1 aliphatic heterocycles. The molecule has 5 aliphatic carbocycles. The van der Waals surface area contributed by atoms with E-state index in [1.54, 1.807) is 13.8 Å². The van der Waals surface area contributed by atoms with E-state index in [1.165, 1.54) is 44.6 Å². The molecule has 0 unspecified atom stereocenters. The molecule has 1 heterocycles. The molecule has 4 saturated carbocycles. The Morgan fingerprint density at radius 1 is 0.959 bits per heavy atom. The summed E-state index contributed by atoms with van der Waals surface area (Å²) in [5.74, 6) is 1.27. The lowest BCUT2D eigenvalue weighted by molar-refractivity contribution is -0.181. The van der Waals surface area contributed by atoms with E-state index in [0.29, 0.717) is 29.1 Å². The number of carboxylic acid groups (broad SMARTS) is 1. The molecule has 0 aromatic heterocycles. The first-order chi connectivity index (χ1) is 22.1. The molecule has 0 radical (unpaired) electrons. The zero-order chi connectivity index (χ0) is 37.1. The van der Waals surface area contributed by atoms with E-state index < -0.39 is 32.1 Å². The average molecular weight is 704 g/mol. The fraction of sp³-hybridized carbons (Fsp3) is 0.900. The number of carbonyl (C=O) groups is 2. The van der Waals surface area contributed by atoms with Gasteiger partial charge in [0.05, 0.1) is 5.60 Å². The van der Waals surface area contributed by atoms with Gasteiger partial charge in [-0.1, -0.05) is 55.4 Å². The third-order valence-electron chi connectivity index (χ3n) is 15.9. The van der Waals surface area contributed by atoms with Gasteiger partial charge in [-0.25, -0.2) is 0 Å². The Morgan fingerprint density at radius 2 is 1.51 bits per heavy atom. The first-order valence-electron chi connectivity index (χ1n) is 19.1. The summed E-state index contributed by atoms with van der Waals surface area (Å²) in [5.41, 5.74) is 7.81. The van der Waals surface area contributed by atoms with Gasteiger partial charge in [0, 0.05) is 30.7 Å². The lowest BCUT2D eigenvalue weighted by Gasteiger charge is -2.64. The third kappa shape index (κ3) is 5.60. The van der Waals surface area contributed by atoms with Gasteiger partial charge >= 0.3 is 5.97 Å². The van der Waals surface area contributed by atoms with Crippen LogP contribution in [-0.4, -0.2) is 60.4 Å². The Labute approximate surface area is 297 Å². The standard InChI is InChI=1S/C38H65NO5Si.C2H4O2/c1-22-20-24(30(34(8,9)41)42-23(2)40)43-29-28(22)35(10)18-19-38-21-37(38)17-16-27(39)33(6,7)25(37)14-15-26(38)36(35,11)31(29)44-45(12,13)32(3,4)5;1-2(3)4/h22,24-27,30-31,41H,14-21,39H2,1-13H3;1H3,(H,3,4)/t22-,24-,25+,26+,27-,30+,31+,35-,36-,37-,38+;/m1./s1. The number of carboxylic acids is 1. The average Bonchev–Trinajstić information content (AvgIpc) is 3.56. The predicted octanol–water partition coefficient (Wildman–Crippen LogP) is 8.22. The zero-order valence-corrected chi connectivity index (χ0v) is 34.2. The molecule has 8 nitrogen and oxygen atoms in total. The summed E-state index contributed by atoms with van der Waals surface area (Å²) in [6.07, 6.45) is 8.06. The number of ether oxygens (including phenoxy) is 2. The van der Waals surface area contributed by atoms with Crippen LogP contribution in [0.4, 0.5) is 0 Å². The number of hydrogen-bond donors (Lipinski definition) is 3. The van der Waals surface area contributed by atoms with Crippen LogP contribution in [0.15, 0.2) is 11.3 Å². The molecule has 0 amide bonds. The molecular formula is C40H69NO7Si. The highest BCUT2D eigenvalue weighted by Crippen LogP contribution is 2.89. The minimum Gasteiger partial charge on any atom is -0.488 e. The van der Waals surface area contributed by atoms with Crippen LogP contribution in [0.25, 0.3) is 0 Å². The molecule has 9 heteroatoms. The van der Waals surface area contributed by atoms with E-state index >= 15 is 0 Å². The highest BCUT2D eigenvalue weighted by Gasteiger charge is 2.84. The Hall–Kier alpha value is -1.42. The van der Waals surface area contributed by atoms with Gasteiger partial charge in [0.1, 0.15) is 18.0 Å². The lowest BCUT2D eigenvalue weighted by Crippen LogP contribution is -2.62. The quantitative estimate of drug-likeness (QED) is 0.193. The minimum absolute atomic E-state index is 0.0431. The van der Waals surface area contributed by atoms with Crippen molar-refractivity contribution in [3.8, 4) is 0 Å². The largest absolute Gasteiger partial charge is 0.488 e. The fourth-order valence-corrected chi connectivity index (χ4v) is 13.6. The first-order valence-corrected chi connectivity index (χ1v) is 22.0. The van der Waals surface area contributed by atoms with E-state index in [4.69, 9.17) is 29.5 Å². The van der Waals surface area contributed by atoms with Crippen LogP contribution in [0.2, 0.25) is 18.1 Å². The summed E-state index contributed by atoms with van der Waals surface area (Å²) in [7, 11) is -2.24. The van der Waals surface area contributed by atoms with Crippen LogP contribution >= 0.6 is 0 Å². The summed E-state index contributed by atoms with van der Waals surface area (Å²) in [5, 5.41) is 18.7. The van der Waals surface area contributed by atoms with Crippen molar-refractivity contribution in [3.63, 3.8) is 0 Å². The number of nitrogens with two attached hydrogens (primary N) is 1. The predicted molar refractivity (Wildman–Crippen MR) is 195 cm³/mol. The highest BCUT2D eigenvalue weighted by atomic mass is 28.4. The van der Waals surface area contributed by atoms with Gasteiger partial charge in [-0.3, -0.25) is 9.59 Å². The number of rotatable bonds is 5. The van der Waals surface area contributed by atoms with E-state index in [0.717, 1.165) is 25.5 Å². The zero-order valence-electron chi connectivity index (χ0n) is 33.2. The van der Waals surface area contributed by atoms with Gasteiger partial charge in [-0.2, -0.15) is 0 Å². The molecular weight excluding hydrogens is 635 g/mol. The minimum atomic E-state index is -2.24. The number of carbonyl (C=O) groups excluding carboxylic acids is 1. The van der Waals surface area contributed by atoms with Crippen LogP contribution in [0, 0.1) is 44.8 Å². The number of allylic oxidation sites excluding steroid dienone is 1. The number of aliphatic hydroxyl groups is 1. The van der Waals surface area contributed by atoms with Crippen molar-refractivity contribution in [2.45, 2.75) is 183 Å². The molecule has 49 heavy (non-hydrogen) atoms. The normalized spacial score (nSPS) is 42.9. The molecule has 0 bridgehead atoms. The van der Waals surface area contributed by atoms with Crippen LogP contribution in [0.1, 0.15) is 134 Å². The van der Waals surface area contributed by atoms with E-state index in [1.807, 2.05) is 0 Å². The van der Waals surface area contributed by atoms with E-state index in [-0.39, 0.29) is 45.3 Å². The molecule has 6 rings (SSSR count). The van der Waals surface area contributed by atoms with Crippen molar-refractivity contribution in [2.24, 2.45) is 50.6 Å². The highest BCUT2D eigenvalue weighted by molar-refractivity contribution is 6.74. The van der Waals surface area contributed by atoms with Gasteiger partial charge in [0.2, 0.25) is 0 Å². The summed E-state index contributed by atoms with van der Waals surface area (Å²) >= 11 is 0. The maximum absolute atomic E-state index is 12.3. The molecule has 0 aromatic rings. The van der Waals surface area contributed by atoms with Crippen molar-refractivity contribution in [2.75, 3.05) is 0 Å². The second-order valence-corrected chi connectivity index (χ2v) is 25.0. The third-order valence-corrected chi connectivity index (χ3v) is 20.3. The smallest absolute Gasteiger partial charge is 0.303 e. The summed E-state index contributed by atoms with van der Waals surface area (Å²) < 4.78 is 20.7. The summed E-state index contributed by atoms with van der Waals surface area (Å²) in [6, 6.07) is 0.286. The summed E-state index contributed by atoms with van der Waals surface area (Å²) in [6.45, 7) is 30.1. The lowest BCUT2D eigenvalue weighted by atomic mass is 9.41. The SMILES string of the molecule is CC(=O)O.CC(=O)O[C@@H]([C@H]1C[C@@H](C)C2=C(O1)[C@H](O[Si](C)(C)C(C)(C)C)[C@@]1(C)[C@@H]3CC[C@H]4C(C)(C)[C@H](N)CC[C@@]45C[C@@]35CC[C@]21C)C(C)(C)O. The van der Waals surface area contributed by atoms with E-state index in [2.05, 4.69) is 68.5 Å². The summed E-state index contributed by atoms with van der Waals surface area (Å²) in [4.78, 5) is 21.3. The Kier molecular flexibility index (Phi) is 9.34. The molecule has 4 N–H and O–H groups in total. The Morgan fingerprint density at radius 3 is 2.04 bits per heavy atom. The maximum Gasteiger partial charge on any atom is 0.303 e. The monoisotopic (exact) mass is 703 g/mol. The second-order valence-electron chi connectivity index (χ2n) is 20.3. The van der Waals surface area contributed by atoms with Gasteiger partial charge < -0.3 is 29.8 Å². The molecule has 280 valence electrons. The second kappa shape index (κ2) is 11.8. The topological polar surface area (TPSA) is 128 Å². The van der Waals surface area contributed by atoms with Crippen LogP contribution < -0.4 is 5.73 Å². The van der Waals surface area contributed by atoms with Gasteiger partial charge in [0.25, 0.3) is 5.97 Å². The maximum atomic E-state index is 12.3. The molecule has 0 saturated heterocycles. The number of hydrogen-bond acceptors (Lipinski definition) is 7. The molecule has 4 fully saturated rings. The number of fused-ring (bicyclic) bond motifs is 3. The van der Waals surface area contributed by atoms with Crippen LogP contribution in [-0.2, 0) is 23.5 Å². The van der Waals surface area contributed by atoms with Crippen molar-refractivity contribution in [3.05, 3.63) is 11.3 Å². The van der Waals surface area contributed by atoms with Crippen LogP contribution in [0.3, 0.4) is 0 Å². The molecule has 0 aromatic carbocycles. The Balaban J connectivity index is 0.00000111. The number of esters is 1. The van der Waals surface area contributed by atoms with Gasteiger partial charge in [0.15, 0.2) is 14.4 Å². The van der Waals surface area contributed by atoms with Crippen LogP contribution in [0.5, 0.6) is 0 Å². The molecule has 2 spiro atoms. The van der Waals surface area contributed by atoms with E-state index in [9.17, 15) is 9.90 Å². The fourth-order valence-electron chi connectivity index (χ4n) is 12.4. The number of aliphatic carboxylic acids is 1. The molecule has 6 aliphatic rings. The van der Waals surface area contributed by atoms with Gasteiger partial charge in [-0.05, 0) is 123 Å².